The number of anilines is 2. The number of methoxy groups -OCH3 is 1. The van der Waals surface area contributed by atoms with Gasteiger partial charge in [0, 0.05) is 35.0 Å². The average Bonchev–Trinajstić information content (AvgIpc) is 3.20. The van der Waals surface area contributed by atoms with Crippen LogP contribution in [0.25, 0.3) is 0 Å². The van der Waals surface area contributed by atoms with Crippen molar-refractivity contribution in [3.05, 3.63) is 76.2 Å². The second-order valence-corrected chi connectivity index (χ2v) is 7.83. The van der Waals surface area contributed by atoms with Gasteiger partial charge >= 0.3 is 0 Å². The topological polar surface area (TPSA) is 101 Å². The summed E-state index contributed by atoms with van der Waals surface area (Å²) in [6.45, 7) is 1.89. The number of para-hydroxylation sites is 1. The zero-order valence-electron chi connectivity index (χ0n) is 17.8. The Kier molecular flexibility index (Phi) is 6.43. The molecule has 32 heavy (non-hydrogen) atoms. The van der Waals surface area contributed by atoms with Crippen LogP contribution >= 0.6 is 11.6 Å². The standard InChI is InChI=1S/C23H24ClN5O3/c1-14-20(22(31)26-16-11-9-15(24)10-12-16)21(17-6-3-4-7-18(17)32-2)29-23(25-14)27-19(28-29)8-5-13-30/h3-4,6-7,9-12,21,30H,5,8,13H2,1-2H3,(H,26,31)(H,25,27,28)/t21-/m0/s1. The summed E-state index contributed by atoms with van der Waals surface area (Å²) >= 11 is 5.97. The Hall–Kier alpha value is -3.36. The van der Waals surface area contributed by atoms with E-state index in [-0.39, 0.29) is 12.5 Å². The monoisotopic (exact) mass is 453 g/mol. The number of aryl methyl sites for hydroxylation is 1. The summed E-state index contributed by atoms with van der Waals surface area (Å²) in [5.74, 6) is 1.50. The maximum absolute atomic E-state index is 13.5. The fraction of sp³-hybridized carbons (Fsp3) is 0.261. The summed E-state index contributed by atoms with van der Waals surface area (Å²) in [6.07, 6.45) is 1.08. The summed E-state index contributed by atoms with van der Waals surface area (Å²) in [6, 6.07) is 13.9. The number of nitrogens with zero attached hydrogens (tertiary/aromatic N) is 3. The van der Waals surface area contributed by atoms with Crippen molar-refractivity contribution < 1.29 is 14.6 Å². The predicted octanol–water partition coefficient (Wildman–Crippen LogP) is 3.79. The van der Waals surface area contributed by atoms with Crippen molar-refractivity contribution in [1.29, 1.82) is 0 Å². The van der Waals surface area contributed by atoms with Gasteiger partial charge in [-0.2, -0.15) is 10.1 Å². The van der Waals surface area contributed by atoms with Gasteiger partial charge in [-0.25, -0.2) is 4.68 Å². The summed E-state index contributed by atoms with van der Waals surface area (Å²) in [5, 5.41) is 20.6. The van der Waals surface area contributed by atoms with Crippen LogP contribution in [0.1, 0.15) is 30.8 Å². The third-order valence-corrected chi connectivity index (χ3v) is 5.49. The van der Waals surface area contributed by atoms with E-state index in [2.05, 4.69) is 20.7 Å². The SMILES string of the molecule is COc1ccccc1[C@H]1C(C(=O)Nc2ccc(Cl)cc2)=C(C)Nc2nc(CCCO)nn21. The number of carbonyl (C=O) groups excluding carboxylic acids is 1. The first-order chi connectivity index (χ1) is 15.5. The first-order valence-electron chi connectivity index (χ1n) is 10.3. The molecule has 0 unspecified atom stereocenters. The molecule has 1 aliphatic rings. The number of halogens is 1. The zero-order valence-corrected chi connectivity index (χ0v) is 18.6. The van der Waals surface area contributed by atoms with E-state index in [1.54, 1.807) is 36.1 Å². The second-order valence-electron chi connectivity index (χ2n) is 7.39. The number of nitrogens with one attached hydrogen (secondary N) is 2. The molecule has 0 bridgehead atoms. The van der Waals surface area contributed by atoms with Crippen LogP contribution in [-0.2, 0) is 11.2 Å². The lowest BCUT2D eigenvalue weighted by molar-refractivity contribution is -0.113. The van der Waals surface area contributed by atoms with Gasteiger partial charge in [-0.3, -0.25) is 4.79 Å². The highest BCUT2D eigenvalue weighted by atomic mass is 35.5. The van der Waals surface area contributed by atoms with Crippen LogP contribution in [0.4, 0.5) is 11.6 Å². The summed E-state index contributed by atoms with van der Waals surface area (Å²) < 4.78 is 7.30. The molecule has 0 radical (unpaired) electrons. The zero-order chi connectivity index (χ0) is 22.7. The number of aromatic nitrogens is 3. The number of carbonyl (C=O) groups is 1. The van der Waals surface area contributed by atoms with E-state index in [9.17, 15) is 9.90 Å². The van der Waals surface area contributed by atoms with Crippen molar-refractivity contribution in [2.45, 2.75) is 25.8 Å². The fourth-order valence-electron chi connectivity index (χ4n) is 3.74. The number of amides is 1. The molecule has 166 valence electrons. The van der Waals surface area contributed by atoms with Gasteiger partial charge in [-0.05, 0) is 43.7 Å². The Morgan fingerprint density at radius 3 is 2.72 bits per heavy atom. The van der Waals surface area contributed by atoms with E-state index in [4.69, 9.17) is 16.3 Å². The largest absolute Gasteiger partial charge is 0.496 e. The minimum Gasteiger partial charge on any atom is -0.496 e. The van der Waals surface area contributed by atoms with Crippen molar-refractivity contribution in [3.63, 3.8) is 0 Å². The summed E-state index contributed by atoms with van der Waals surface area (Å²) in [4.78, 5) is 18.0. The van der Waals surface area contributed by atoms with Gasteiger partial charge < -0.3 is 20.5 Å². The first-order valence-corrected chi connectivity index (χ1v) is 10.6. The highest BCUT2D eigenvalue weighted by Crippen LogP contribution is 2.39. The maximum Gasteiger partial charge on any atom is 0.255 e. The molecule has 0 saturated heterocycles. The molecule has 1 aromatic heterocycles. The molecule has 4 rings (SSSR count). The number of aliphatic hydroxyl groups excluding tert-OH is 1. The number of hydrogen-bond acceptors (Lipinski definition) is 6. The summed E-state index contributed by atoms with van der Waals surface area (Å²) in [7, 11) is 1.60. The van der Waals surface area contributed by atoms with Crippen LogP contribution in [-0.4, -0.2) is 39.5 Å². The molecule has 2 heterocycles. The van der Waals surface area contributed by atoms with Gasteiger partial charge in [0.15, 0.2) is 5.82 Å². The van der Waals surface area contributed by atoms with Crippen LogP contribution in [0.5, 0.6) is 5.75 Å². The molecule has 0 spiro atoms. The van der Waals surface area contributed by atoms with E-state index in [0.29, 0.717) is 52.3 Å². The number of rotatable bonds is 7. The molecule has 0 fully saturated rings. The molecular formula is C23H24ClN5O3. The van der Waals surface area contributed by atoms with Gasteiger partial charge in [0.2, 0.25) is 5.95 Å². The molecule has 0 aliphatic carbocycles. The van der Waals surface area contributed by atoms with Crippen molar-refractivity contribution in [2.24, 2.45) is 0 Å². The van der Waals surface area contributed by atoms with Gasteiger partial charge in [0.25, 0.3) is 5.91 Å². The molecule has 1 atom stereocenters. The number of fused-ring (bicyclic) bond motifs is 1. The Labute approximate surface area is 190 Å². The maximum atomic E-state index is 13.5. The second kappa shape index (κ2) is 9.42. The normalized spacial score (nSPS) is 15.2. The molecule has 1 aliphatic heterocycles. The molecule has 1 amide bonds. The van der Waals surface area contributed by atoms with Crippen LogP contribution in [0, 0.1) is 0 Å². The average molecular weight is 454 g/mol. The Morgan fingerprint density at radius 2 is 2.00 bits per heavy atom. The fourth-order valence-corrected chi connectivity index (χ4v) is 3.87. The summed E-state index contributed by atoms with van der Waals surface area (Å²) in [5.41, 5.74) is 2.58. The number of hydrogen-bond donors (Lipinski definition) is 3. The third-order valence-electron chi connectivity index (χ3n) is 5.24. The van der Waals surface area contributed by atoms with E-state index >= 15 is 0 Å². The van der Waals surface area contributed by atoms with Crippen LogP contribution in [0.2, 0.25) is 5.02 Å². The molecule has 8 nitrogen and oxygen atoms in total. The van der Waals surface area contributed by atoms with Crippen molar-refractivity contribution in [1.82, 2.24) is 14.8 Å². The highest BCUT2D eigenvalue weighted by Gasteiger charge is 2.35. The number of benzene rings is 2. The van der Waals surface area contributed by atoms with Crippen molar-refractivity contribution in [3.8, 4) is 5.75 Å². The highest BCUT2D eigenvalue weighted by molar-refractivity contribution is 6.30. The van der Waals surface area contributed by atoms with Crippen molar-refractivity contribution in [2.75, 3.05) is 24.4 Å². The molecule has 3 N–H and O–H groups in total. The van der Waals surface area contributed by atoms with E-state index in [1.807, 2.05) is 31.2 Å². The third kappa shape index (κ3) is 4.32. The lowest BCUT2D eigenvalue weighted by atomic mass is 9.94. The number of ether oxygens (including phenoxy) is 1. The molecular weight excluding hydrogens is 430 g/mol. The predicted molar refractivity (Wildman–Crippen MR) is 123 cm³/mol. The van der Waals surface area contributed by atoms with E-state index in [0.717, 1.165) is 5.56 Å². The number of allylic oxidation sites excluding steroid dienone is 1. The van der Waals surface area contributed by atoms with Crippen molar-refractivity contribution >= 4 is 29.1 Å². The minimum atomic E-state index is -0.551. The molecule has 2 aromatic carbocycles. The Morgan fingerprint density at radius 1 is 1.25 bits per heavy atom. The van der Waals surface area contributed by atoms with Gasteiger partial charge in [0.05, 0.1) is 12.7 Å². The Balaban J connectivity index is 1.78. The van der Waals surface area contributed by atoms with Crippen LogP contribution in [0.15, 0.2) is 59.8 Å². The van der Waals surface area contributed by atoms with Gasteiger partial charge in [-0.1, -0.05) is 29.8 Å². The minimum absolute atomic E-state index is 0.0548. The van der Waals surface area contributed by atoms with E-state index < -0.39 is 6.04 Å². The smallest absolute Gasteiger partial charge is 0.255 e. The van der Waals surface area contributed by atoms with E-state index in [1.165, 1.54) is 0 Å². The molecule has 3 aromatic rings. The molecule has 9 heteroatoms. The van der Waals surface area contributed by atoms with Gasteiger partial charge in [0.1, 0.15) is 11.8 Å². The number of aliphatic hydroxyl groups is 1. The van der Waals surface area contributed by atoms with Crippen LogP contribution < -0.4 is 15.4 Å². The lowest BCUT2D eigenvalue weighted by Crippen LogP contribution is -2.31. The first kappa shape index (κ1) is 21.9. The Bertz CT molecular complexity index is 1160. The molecule has 0 saturated carbocycles. The van der Waals surface area contributed by atoms with Gasteiger partial charge in [-0.15, -0.1) is 0 Å². The lowest BCUT2D eigenvalue weighted by Gasteiger charge is -2.29. The quantitative estimate of drug-likeness (QED) is 0.503. The van der Waals surface area contributed by atoms with Crippen LogP contribution in [0.3, 0.4) is 0 Å².